The number of Topliss-reactive ketones (excluding diaryl/α,β-unsaturated/α-hetero) is 2. The molecule has 0 saturated heterocycles. The molecule has 0 amide bonds. The Morgan fingerprint density at radius 2 is 1.83 bits per heavy atom. The number of phenols is 3. The van der Waals surface area contributed by atoms with E-state index in [1.54, 1.807) is 12.1 Å². The number of benzene rings is 2. The Bertz CT molecular complexity index is 1370. The zero-order valence-corrected chi connectivity index (χ0v) is 19.6. The molecule has 1 aliphatic heterocycles. The van der Waals surface area contributed by atoms with Gasteiger partial charge in [-0.15, -0.1) is 0 Å². The maximum absolute atomic E-state index is 13.7. The number of rotatable bonds is 5. The van der Waals surface area contributed by atoms with Crippen LogP contribution in [0.15, 0.2) is 47.4 Å². The third kappa shape index (κ3) is 3.55. The van der Waals surface area contributed by atoms with Crippen LogP contribution in [0.5, 0.6) is 23.0 Å². The van der Waals surface area contributed by atoms with Crippen LogP contribution in [0.1, 0.15) is 53.9 Å². The first-order valence-corrected chi connectivity index (χ1v) is 10.9. The summed E-state index contributed by atoms with van der Waals surface area (Å²) in [5.41, 5.74) is -1.32. The third-order valence-corrected chi connectivity index (χ3v) is 6.58. The summed E-state index contributed by atoms with van der Waals surface area (Å²) in [5, 5.41) is 44.2. The van der Waals surface area contributed by atoms with Crippen molar-refractivity contribution in [3.63, 3.8) is 0 Å². The predicted molar refractivity (Wildman–Crippen MR) is 124 cm³/mol. The van der Waals surface area contributed by atoms with Crippen molar-refractivity contribution in [2.24, 2.45) is 0 Å². The number of nitrogens with one attached hydrogen (secondary N) is 1. The maximum Gasteiger partial charge on any atom is 0.194 e. The fraction of sp³-hybridized carbons (Fsp3) is 0.269. The molecule has 0 fully saturated rings. The van der Waals surface area contributed by atoms with Crippen molar-refractivity contribution in [3.8, 4) is 23.0 Å². The van der Waals surface area contributed by atoms with E-state index in [0.29, 0.717) is 5.56 Å². The highest BCUT2D eigenvalue weighted by Crippen LogP contribution is 2.57. The van der Waals surface area contributed by atoms with Crippen LogP contribution >= 0.6 is 0 Å². The molecule has 1 unspecified atom stereocenters. The summed E-state index contributed by atoms with van der Waals surface area (Å²) < 4.78 is 5.73. The Balaban J connectivity index is 1.76. The highest BCUT2D eigenvalue weighted by Gasteiger charge is 2.56. The summed E-state index contributed by atoms with van der Waals surface area (Å²) in [5.74, 6) is -2.91. The number of aliphatic hydroxyl groups is 1. The van der Waals surface area contributed by atoms with Gasteiger partial charge in [0.25, 0.3) is 0 Å². The summed E-state index contributed by atoms with van der Waals surface area (Å²) >= 11 is 0. The second-order valence-electron chi connectivity index (χ2n) is 8.88. The van der Waals surface area contributed by atoms with Crippen LogP contribution in [0.2, 0.25) is 0 Å². The van der Waals surface area contributed by atoms with E-state index in [4.69, 9.17) is 4.74 Å². The van der Waals surface area contributed by atoms with Crippen molar-refractivity contribution in [1.29, 1.82) is 0 Å². The lowest BCUT2D eigenvalue weighted by molar-refractivity contribution is -0.123. The number of aromatic hydroxyl groups is 3. The maximum atomic E-state index is 13.7. The van der Waals surface area contributed by atoms with Crippen molar-refractivity contribution in [3.05, 3.63) is 69.6 Å². The van der Waals surface area contributed by atoms with E-state index in [2.05, 4.69) is 5.32 Å². The molecule has 35 heavy (non-hydrogen) atoms. The van der Waals surface area contributed by atoms with Gasteiger partial charge in [0.1, 0.15) is 39.7 Å². The number of phenolic OH excluding ortho intramolecular Hbond substituents is 3. The first-order chi connectivity index (χ1) is 16.4. The summed E-state index contributed by atoms with van der Waals surface area (Å²) in [4.78, 5) is 38.9. The van der Waals surface area contributed by atoms with Gasteiger partial charge < -0.3 is 30.5 Å². The molecule has 0 spiro atoms. The molecule has 4 rings (SSSR count). The topological polar surface area (TPSA) is 153 Å². The number of carbonyl (C=O) groups excluding carboxylic acids is 3. The van der Waals surface area contributed by atoms with Crippen molar-refractivity contribution in [1.82, 2.24) is 5.32 Å². The average Bonchev–Trinajstić information content (AvgIpc) is 3.08. The van der Waals surface area contributed by atoms with E-state index in [9.17, 15) is 34.8 Å². The molecule has 0 saturated carbocycles. The minimum Gasteiger partial charge on any atom is -0.508 e. The lowest BCUT2D eigenvalue weighted by Crippen LogP contribution is -2.41. The van der Waals surface area contributed by atoms with Crippen LogP contribution in [0.3, 0.4) is 0 Å². The number of aliphatic hydroxyl groups excluding tert-OH is 1. The summed E-state index contributed by atoms with van der Waals surface area (Å²) in [6.45, 7) is 5.58. The highest BCUT2D eigenvalue weighted by atomic mass is 16.5. The van der Waals surface area contributed by atoms with E-state index < -0.39 is 40.4 Å². The van der Waals surface area contributed by atoms with Crippen LogP contribution < -0.4 is 10.1 Å². The van der Waals surface area contributed by atoms with Crippen molar-refractivity contribution in [2.45, 2.75) is 39.2 Å². The van der Waals surface area contributed by atoms with Gasteiger partial charge in [-0.2, -0.15) is 0 Å². The lowest BCUT2D eigenvalue weighted by Gasteiger charge is -2.29. The van der Waals surface area contributed by atoms with Gasteiger partial charge in [-0.25, -0.2) is 0 Å². The minimum absolute atomic E-state index is 0.00634. The number of hydrogen-bond acceptors (Lipinski definition) is 9. The van der Waals surface area contributed by atoms with E-state index in [1.165, 1.54) is 39.8 Å². The van der Waals surface area contributed by atoms with Crippen molar-refractivity contribution in [2.75, 3.05) is 6.54 Å². The molecule has 1 aliphatic carbocycles. The number of hydrogen-bond donors (Lipinski definition) is 5. The van der Waals surface area contributed by atoms with Gasteiger partial charge >= 0.3 is 0 Å². The van der Waals surface area contributed by atoms with Crippen molar-refractivity contribution < 1.29 is 39.5 Å². The summed E-state index contributed by atoms with van der Waals surface area (Å²) in [7, 11) is 0. The number of allylic oxidation sites excluding steroid dienone is 4. The number of ketones is 3. The normalized spacial score (nSPS) is 21.0. The predicted octanol–water partition coefficient (Wildman–Crippen LogP) is 2.60. The smallest absolute Gasteiger partial charge is 0.194 e. The molecule has 0 aromatic heterocycles. The molecule has 2 aliphatic rings. The first-order valence-electron chi connectivity index (χ1n) is 10.9. The molecular formula is C26H25NO8. The van der Waals surface area contributed by atoms with Gasteiger partial charge in [0, 0.05) is 23.9 Å². The molecule has 2 aromatic rings. The number of ether oxygens (including phenoxy) is 1. The second-order valence-corrected chi connectivity index (χ2v) is 8.88. The van der Waals surface area contributed by atoms with Gasteiger partial charge in [-0.05, 0) is 45.4 Å². The quantitative estimate of drug-likeness (QED) is 0.247. The minimum atomic E-state index is -1.61. The summed E-state index contributed by atoms with van der Waals surface area (Å²) in [6.07, 6.45) is 0.0972. The number of carbonyl (C=O) groups is 3. The van der Waals surface area contributed by atoms with Crippen LogP contribution in [-0.4, -0.2) is 44.3 Å². The summed E-state index contributed by atoms with van der Waals surface area (Å²) in [6, 6.07) is 6.08. The Hall–Kier alpha value is -4.11. The van der Waals surface area contributed by atoms with Gasteiger partial charge in [-0.3, -0.25) is 14.4 Å². The van der Waals surface area contributed by atoms with E-state index in [1.807, 2.05) is 0 Å². The fourth-order valence-electron chi connectivity index (χ4n) is 4.55. The Morgan fingerprint density at radius 1 is 1.14 bits per heavy atom. The Labute approximate surface area is 201 Å². The molecule has 0 bridgehead atoms. The van der Waals surface area contributed by atoms with Gasteiger partial charge in [0.05, 0.1) is 17.2 Å². The molecule has 182 valence electrons. The SMILES string of the molecule is CC(=O)c1c(O)c(C)c(O)c2c1OC1=CC(=O)/C(=C(/C)NCC(O)c3cccc(O)c3)C(=O)[C@]12C. The average molecular weight is 479 g/mol. The van der Waals surface area contributed by atoms with Crippen LogP contribution in [0, 0.1) is 6.92 Å². The molecule has 9 heteroatoms. The highest BCUT2D eigenvalue weighted by molar-refractivity contribution is 6.31. The Kier molecular flexibility index (Phi) is 5.68. The monoisotopic (exact) mass is 479 g/mol. The standard InChI is InChI=1S/C26H25NO8/c1-11-22(32)20(13(3)28)24-21(23(11)33)26(4)18(35-24)9-16(30)19(25(26)34)12(2)27-10-17(31)14-6-5-7-15(29)8-14/h5-9,17,27,29,31-33H,10H2,1-4H3/b19-12+/t17?,26-/m1/s1. The molecule has 9 nitrogen and oxygen atoms in total. The Morgan fingerprint density at radius 3 is 2.46 bits per heavy atom. The van der Waals surface area contributed by atoms with Crippen LogP contribution in [0.4, 0.5) is 0 Å². The zero-order chi connectivity index (χ0) is 25.8. The molecule has 0 radical (unpaired) electrons. The third-order valence-electron chi connectivity index (χ3n) is 6.58. The van der Waals surface area contributed by atoms with E-state index in [0.717, 1.165) is 6.08 Å². The first kappa shape index (κ1) is 24.0. The second kappa shape index (κ2) is 8.28. The van der Waals surface area contributed by atoms with E-state index in [-0.39, 0.29) is 51.8 Å². The molecule has 2 aromatic carbocycles. The number of fused-ring (bicyclic) bond motifs is 3. The largest absolute Gasteiger partial charge is 0.508 e. The van der Waals surface area contributed by atoms with Gasteiger partial charge in [0.2, 0.25) is 0 Å². The molecule has 2 atom stereocenters. The molecule has 5 N–H and O–H groups in total. The van der Waals surface area contributed by atoms with Gasteiger partial charge in [-0.1, -0.05) is 12.1 Å². The van der Waals surface area contributed by atoms with Crippen molar-refractivity contribution >= 4 is 17.3 Å². The van der Waals surface area contributed by atoms with Gasteiger partial charge in [0.15, 0.2) is 17.3 Å². The van der Waals surface area contributed by atoms with Crippen LogP contribution in [0.25, 0.3) is 0 Å². The lowest BCUT2D eigenvalue weighted by atomic mass is 9.70. The molecular weight excluding hydrogens is 454 g/mol. The fourth-order valence-corrected chi connectivity index (χ4v) is 4.55. The molecule has 1 heterocycles. The zero-order valence-electron chi connectivity index (χ0n) is 19.6. The van der Waals surface area contributed by atoms with Crippen LogP contribution in [-0.2, 0) is 15.0 Å². The van der Waals surface area contributed by atoms with E-state index >= 15 is 0 Å².